The van der Waals surface area contributed by atoms with Crippen molar-refractivity contribution in [3.8, 4) is 0 Å². The molecule has 3 aliphatic rings. The first-order valence-electron chi connectivity index (χ1n) is 12.0. The molecule has 1 unspecified atom stereocenters. The van der Waals surface area contributed by atoms with Crippen molar-refractivity contribution >= 4 is 28.8 Å². The van der Waals surface area contributed by atoms with Gasteiger partial charge in [-0.1, -0.05) is 49.9 Å². The lowest BCUT2D eigenvalue weighted by Gasteiger charge is -2.37. The Balaban J connectivity index is 1.67. The minimum atomic E-state index is -0.380. The van der Waals surface area contributed by atoms with Gasteiger partial charge < -0.3 is 19.4 Å². The van der Waals surface area contributed by atoms with Gasteiger partial charge in [0.05, 0.1) is 30.3 Å². The third-order valence-electron chi connectivity index (χ3n) is 6.60. The monoisotopic (exact) mass is 482 g/mol. The molecule has 1 aromatic carbocycles. The third-order valence-corrected chi connectivity index (χ3v) is 7.49. The molecular weight excluding hydrogens is 448 g/mol. The zero-order valence-corrected chi connectivity index (χ0v) is 21.5. The Morgan fingerprint density at radius 1 is 1.15 bits per heavy atom. The van der Waals surface area contributed by atoms with E-state index in [4.69, 9.17) is 9.73 Å². The Kier molecular flexibility index (Phi) is 7.48. The van der Waals surface area contributed by atoms with E-state index in [0.717, 1.165) is 42.6 Å². The smallest absolute Gasteiger partial charge is 0.338 e. The summed E-state index contributed by atoms with van der Waals surface area (Å²) in [4.78, 5) is 37.2. The zero-order chi connectivity index (χ0) is 24.4. The number of carbonyl (C=O) groups is 2. The van der Waals surface area contributed by atoms with Crippen LogP contribution in [0.1, 0.15) is 57.2 Å². The fourth-order valence-electron chi connectivity index (χ4n) is 4.54. The number of carbonyl (C=O) groups excluding carboxylic acids is 2. The summed E-state index contributed by atoms with van der Waals surface area (Å²) < 4.78 is 5.44. The fourth-order valence-corrected chi connectivity index (χ4v) is 5.51. The molecule has 0 aliphatic carbocycles. The Morgan fingerprint density at radius 3 is 2.44 bits per heavy atom. The van der Waals surface area contributed by atoms with E-state index in [1.807, 2.05) is 24.2 Å². The van der Waals surface area contributed by atoms with Crippen molar-refractivity contribution in [1.29, 1.82) is 0 Å². The average Bonchev–Trinajstić information content (AvgIpc) is 3.20. The molecule has 8 heteroatoms. The lowest BCUT2D eigenvalue weighted by molar-refractivity contribution is -0.139. The van der Waals surface area contributed by atoms with E-state index < -0.39 is 0 Å². The van der Waals surface area contributed by atoms with Crippen molar-refractivity contribution in [3.05, 3.63) is 57.8 Å². The highest BCUT2D eigenvalue weighted by molar-refractivity contribution is 8.16. The molecule has 3 aliphatic heterocycles. The zero-order valence-electron chi connectivity index (χ0n) is 20.7. The minimum absolute atomic E-state index is 0.110. The summed E-state index contributed by atoms with van der Waals surface area (Å²) in [6.07, 6.45) is 0.283. The Labute approximate surface area is 206 Å². The van der Waals surface area contributed by atoms with Crippen molar-refractivity contribution in [1.82, 2.24) is 14.7 Å². The summed E-state index contributed by atoms with van der Waals surface area (Å²) in [6.45, 7) is 11.5. The highest BCUT2D eigenvalue weighted by Gasteiger charge is 2.41. The Hall–Kier alpha value is -2.58. The summed E-state index contributed by atoms with van der Waals surface area (Å²) in [5, 5.41) is 2.80. The average molecular weight is 483 g/mol. The van der Waals surface area contributed by atoms with Crippen LogP contribution in [0.25, 0.3) is 0 Å². The van der Waals surface area contributed by atoms with Gasteiger partial charge in [-0.05, 0) is 43.3 Å². The topological polar surface area (TPSA) is 65.5 Å². The van der Waals surface area contributed by atoms with Gasteiger partial charge in [0.15, 0.2) is 5.17 Å². The second kappa shape index (κ2) is 10.4. The number of esters is 1. The van der Waals surface area contributed by atoms with Gasteiger partial charge >= 0.3 is 5.97 Å². The third kappa shape index (κ3) is 4.93. The van der Waals surface area contributed by atoms with Crippen LogP contribution in [0.15, 0.2) is 51.6 Å². The first kappa shape index (κ1) is 24.5. The maximum atomic E-state index is 13.2. The van der Waals surface area contributed by atoms with Gasteiger partial charge in [-0.3, -0.25) is 4.79 Å². The van der Waals surface area contributed by atoms with E-state index in [0.29, 0.717) is 23.8 Å². The van der Waals surface area contributed by atoms with E-state index in [1.54, 1.807) is 0 Å². The van der Waals surface area contributed by atoms with E-state index in [1.165, 1.54) is 17.3 Å². The number of likely N-dealkylation sites (N-methyl/N-ethyl adjacent to an activating group) is 1. The predicted molar refractivity (Wildman–Crippen MR) is 136 cm³/mol. The van der Waals surface area contributed by atoms with Crippen LogP contribution in [-0.2, 0) is 14.3 Å². The summed E-state index contributed by atoms with van der Waals surface area (Å²) in [7, 11) is 2.08. The number of thioether (sulfide) groups is 1. The molecule has 0 radical (unpaired) electrons. The number of hydrogen-bond acceptors (Lipinski definition) is 7. The van der Waals surface area contributed by atoms with Crippen molar-refractivity contribution in [2.24, 2.45) is 4.99 Å². The van der Waals surface area contributed by atoms with E-state index >= 15 is 0 Å². The van der Waals surface area contributed by atoms with Crippen molar-refractivity contribution < 1.29 is 14.3 Å². The molecule has 0 bridgehead atoms. The first-order chi connectivity index (χ1) is 16.3. The van der Waals surface area contributed by atoms with Gasteiger partial charge in [-0.15, -0.1) is 0 Å². The standard InChI is InChI=1S/C26H34N4O3S/c1-6-33-25(32)23-18(4)27-26-30(24(23)20-9-7-19(8-10-20)17(2)3)21(16-34-26)15-22(31)29-13-11-28(5)12-14-29/h7-10,16-17,24H,6,11-15H2,1-5H3. The molecule has 1 saturated heterocycles. The van der Waals surface area contributed by atoms with E-state index in [2.05, 4.69) is 55.0 Å². The molecule has 1 aromatic rings. The van der Waals surface area contributed by atoms with Crippen LogP contribution >= 0.6 is 11.8 Å². The molecule has 3 heterocycles. The van der Waals surface area contributed by atoms with E-state index in [9.17, 15) is 9.59 Å². The van der Waals surface area contributed by atoms with Gasteiger partial charge in [0.2, 0.25) is 5.91 Å². The molecule has 0 saturated carbocycles. The summed E-state index contributed by atoms with van der Waals surface area (Å²) in [6, 6.07) is 8.02. The number of hydrogen-bond donors (Lipinski definition) is 0. The van der Waals surface area contributed by atoms with Crippen LogP contribution in [0, 0.1) is 0 Å². The van der Waals surface area contributed by atoms with Crippen LogP contribution in [0.5, 0.6) is 0 Å². The summed E-state index contributed by atoms with van der Waals surface area (Å²) in [5.74, 6) is 0.166. The fraction of sp³-hybridized carbons (Fsp3) is 0.500. The van der Waals surface area contributed by atoms with Crippen molar-refractivity contribution in [3.63, 3.8) is 0 Å². The molecule has 1 amide bonds. The number of allylic oxidation sites excluding steroid dienone is 1. The molecule has 1 atom stereocenters. The SMILES string of the molecule is CCOC(=O)C1=C(C)N=C2SC=C(CC(=O)N3CCN(C)CC3)N2C1c1ccc(C(C)C)cc1. The first-order valence-corrected chi connectivity index (χ1v) is 12.9. The van der Waals surface area contributed by atoms with Crippen molar-refractivity contribution in [2.45, 2.75) is 46.1 Å². The lowest BCUT2D eigenvalue weighted by Crippen LogP contribution is -2.47. The van der Waals surface area contributed by atoms with Gasteiger partial charge in [0.1, 0.15) is 0 Å². The number of ether oxygens (including phenoxy) is 1. The van der Waals surface area contributed by atoms with Gasteiger partial charge in [0.25, 0.3) is 0 Å². The molecule has 4 rings (SSSR count). The minimum Gasteiger partial charge on any atom is -0.463 e. The van der Waals surface area contributed by atoms with Gasteiger partial charge in [-0.2, -0.15) is 0 Å². The number of nitrogens with zero attached hydrogens (tertiary/aromatic N) is 4. The molecule has 7 nitrogen and oxygen atoms in total. The summed E-state index contributed by atoms with van der Waals surface area (Å²) >= 11 is 1.51. The molecule has 0 aromatic heterocycles. The second-order valence-corrected chi connectivity index (χ2v) is 10.1. The highest BCUT2D eigenvalue weighted by Crippen LogP contribution is 2.45. The number of aliphatic imine (C=N–C) groups is 1. The molecule has 1 fully saturated rings. The van der Waals surface area contributed by atoms with Crippen LogP contribution in [0.3, 0.4) is 0 Å². The highest BCUT2D eigenvalue weighted by atomic mass is 32.2. The quantitative estimate of drug-likeness (QED) is 0.569. The Morgan fingerprint density at radius 2 is 1.82 bits per heavy atom. The van der Waals surface area contributed by atoms with Crippen LogP contribution in [-0.4, -0.2) is 71.6 Å². The largest absolute Gasteiger partial charge is 0.463 e. The maximum Gasteiger partial charge on any atom is 0.338 e. The molecule has 34 heavy (non-hydrogen) atoms. The molecular formula is C26H34N4O3S. The van der Waals surface area contributed by atoms with Crippen LogP contribution in [0.2, 0.25) is 0 Å². The van der Waals surface area contributed by atoms with Gasteiger partial charge in [0, 0.05) is 31.9 Å². The van der Waals surface area contributed by atoms with Crippen LogP contribution in [0.4, 0.5) is 0 Å². The summed E-state index contributed by atoms with van der Waals surface area (Å²) in [5.41, 5.74) is 4.29. The maximum absolute atomic E-state index is 13.2. The molecule has 0 N–H and O–H groups in total. The molecule has 0 spiro atoms. The Bertz CT molecular complexity index is 1040. The van der Waals surface area contributed by atoms with Gasteiger partial charge in [-0.25, -0.2) is 9.79 Å². The van der Waals surface area contributed by atoms with Crippen LogP contribution < -0.4 is 0 Å². The number of fused-ring (bicyclic) bond motifs is 1. The number of piperazine rings is 1. The number of amides is 1. The lowest BCUT2D eigenvalue weighted by atomic mass is 9.92. The number of rotatable bonds is 6. The molecule has 182 valence electrons. The van der Waals surface area contributed by atoms with Crippen molar-refractivity contribution in [2.75, 3.05) is 39.8 Å². The number of benzene rings is 1. The normalized spacial score (nSPS) is 20.9. The van der Waals surface area contributed by atoms with E-state index in [-0.39, 0.29) is 24.3 Å². The predicted octanol–water partition coefficient (Wildman–Crippen LogP) is 4.11. The number of amidine groups is 1. The second-order valence-electron chi connectivity index (χ2n) is 9.30.